The monoisotopic (exact) mass is 349 g/mol. The van der Waals surface area contributed by atoms with Crippen LogP contribution >= 0.6 is 23.1 Å². The van der Waals surface area contributed by atoms with Crippen LogP contribution in [0.5, 0.6) is 0 Å². The van der Waals surface area contributed by atoms with Gasteiger partial charge in [-0.15, -0.1) is 21.5 Å². The van der Waals surface area contributed by atoms with E-state index < -0.39 is 0 Å². The maximum absolute atomic E-state index is 11.8. The Balaban J connectivity index is 1.47. The number of rotatable bonds is 7. The molecule has 0 saturated heterocycles. The van der Waals surface area contributed by atoms with Gasteiger partial charge in [-0.2, -0.15) is 0 Å². The largest absolute Gasteiger partial charge is 0.461 e. The fraction of sp³-hybridized carbons (Fsp3) is 0.214. The van der Waals surface area contributed by atoms with Crippen molar-refractivity contribution in [2.24, 2.45) is 0 Å². The Kier molecular flexibility index (Phi) is 4.99. The van der Waals surface area contributed by atoms with Gasteiger partial charge in [0.05, 0.1) is 12.0 Å². The summed E-state index contributed by atoms with van der Waals surface area (Å²) in [6.45, 7) is 0.618. The van der Waals surface area contributed by atoms with Gasteiger partial charge in [0.15, 0.2) is 5.76 Å². The summed E-state index contributed by atoms with van der Waals surface area (Å²) in [6, 6.07) is 7.55. The number of thioether (sulfide) groups is 1. The van der Waals surface area contributed by atoms with E-state index in [2.05, 4.69) is 21.6 Å². The van der Waals surface area contributed by atoms with Crippen LogP contribution in [0.3, 0.4) is 0 Å². The molecule has 0 unspecified atom stereocenters. The molecule has 3 heterocycles. The van der Waals surface area contributed by atoms with Crippen LogP contribution in [-0.4, -0.2) is 33.1 Å². The Labute approximate surface area is 140 Å². The molecule has 120 valence electrons. The number of nitrogens with one attached hydrogen (secondary N) is 1. The summed E-state index contributed by atoms with van der Waals surface area (Å²) in [5.41, 5.74) is 0. The number of hydrogen-bond donors (Lipinski definition) is 2. The average Bonchev–Trinajstić information content (AvgIpc) is 3.27. The molecule has 0 atom stereocenters. The van der Waals surface area contributed by atoms with Crippen LogP contribution < -0.4 is 11.2 Å². The van der Waals surface area contributed by atoms with Crippen LogP contribution in [-0.2, 0) is 11.2 Å². The van der Waals surface area contributed by atoms with Crippen LogP contribution in [0.1, 0.15) is 4.88 Å². The summed E-state index contributed by atoms with van der Waals surface area (Å²) in [6.07, 6.45) is 2.38. The van der Waals surface area contributed by atoms with E-state index in [1.807, 2.05) is 11.4 Å². The van der Waals surface area contributed by atoms with Crippen LogP contribution in [0.15, 0.2) is 45.5 Å². The van der Waals surface area contributed by atoms with Crippen molar-refractivity contribution < 1.29 is 9.21 Å². The fourth-order valence-corrected chi connectivity index (χ4v) is 3.31. The van der Waals surface area contributed by atoms with Gasteiger partial charge in [0, 0.05) is 11.4 Å². The molecule has 0 radical (unpaired) electrons. The number of amides is 1. The van der Waals surface area contributed by atoms with E-state index in [1.165, 1.54) is 27.6 Å². The molecule has 7 nitrogen and oxygen atoms in total. The van der Waals surface area contributed by atoms with Gasteiger partial charge in [0.1, 0.15) is 0 Å². The highest BCUT2D eigenvalue weighted by atomic mass is 32.2. The Hall–Kier alpha value is -2.26. The number of hydrogen-bond acceptors (Lipinski definition) is 7. The lowest BCUT2D eigenvalue weighted by atomic mass is 10.3. The Morgan fingerprint density at radius 1 is 1.39 bits per heavy atom. The first-order valence-electron chi connectivity index (χ1n) is 6.90. The first kappa shape index (κ1) is 15.6. The van der Waals surface area contributed by atoms with Crippen molar-refractivity contribution >= 4 is 29.0 Å². The lowest BCUT2D eigenvalue weighted by Gasteiger charge is -2.04. The number of carbonyl (C=O) groups is 1. The molecule has 1 amide bonds. The predicted octanol–water partition coefficient (Wildman–Crippen LogP) is 1.76. The first-order valence-corrected chi connectivity index (χ1v) is 8.77. The number of aromatic nitrogens is 3. The molecule has 0 aliphatic heterocycles. The SMILES string of the molecule is Nn1c(SCC(=O)NCCc2cccs2)nnc1-c1ccco1. The summed E-state index contributed by atoms with van der Waals surface area (Å²) in [7, 11) is 0. The molecule has 0 saturated carbocycles. The van der Waals surface area contributed by atoms with Crippen LogP contribution in [0.2, 0.25) is 0 Å². The summed E-state index contributed by atoms with van der Waals surface area (Å²) in [4.78, 5) is 13.1. The first-order chi connectivity index (χ1) is 11.2. The van der Waals surface area contributed by atoms with Crippen LogP contribution in [0, 0.1) is 0 Å². The van der Waals surface area contributed by atoms with Gasteiger partial charge in [0.25, 0.3) is 0 Å². The molecular weight excluding hydrogens is 334 g/mol. The maximum Gasteiger partial charge on any atom is 0.230 e. The van der Waals surface area contributed by atoms with E-state index in [1.54, 1.807) is 23.5 Å². The smallest absolute Gasteiger partial charge is 0.230 e. The van der Waals surface area contributed by atoms with Crippen molar-refractivity contribution in [2.45, 2.75) is 11.6 Å². The molecule has 0 aliphatic carbocycles. The molecule has 3 N–H and O–H groups in total. The van der Waals surface area contributed by atoms with E-state index in [-0.39, 0.29) is 11.7 Å². The highest BCUT2D eigenvalue weighted by Gasteiger charge is 2.15. The number of furan rings is 1. The predicted molar refractivity (Wildman–Crippen MR) is 89.6 cm³/mol. The normalized spacial score (nSPS) is 10.8. The summed E-state index contributed by atoms with van der Waals surface area (Å²) >= 11 is 2.92. The van der Waals surface area contributed by atoms with Gasteiger partial charge in [-0.25, -0.2) is 4.68 Å². The standard InChI is InChI=1S/C14H15N5O2S2/c15-19-13(11-4-1-7-21-11)17-18-14(19)23-9-12(20)16-6-5-10-3-2-8-22-10/h1-4,7-8H,5-6,9,15H2,(H,16,20). The second kappa shape index (κ2) is 7.34. The Morgan fingerprint density at radius 3 is 3.04 bits per heavy atom. The topological polar surface area (TPSA) is 99.0 Å². The lowest BCUT2D eigenvalue weighted by Crippen LogP contribution is -2.27. The highest BCUT2D eigenvalue weighted by molar-refractivity contribution is 7.99. The van der Waals surface area contributed by atoms with Gasteiger partial charge < -0.3 is 15.6 Å². The molecule has 3 aromatic rings. The Bertz CT molecular complexity index is 752. The molecule has 0 aliphatic rings. The minimum Gasteiger partial charge on any atom is -0.461 e. The number of nitrogens with two attached hydrogens (primary N) is 1. The fourth-order valence-electron chi connectivity index (χ4n) is 1.91. The molecular formula is C14H15N5O2S2. The van der Waals surface area contributed by atoms with Crippen molar-refractivity contribution in [3.8, 4) is 11.6 Å². The van der Waals surface area contributed by atoms with E-state index in [4.69, 9.17) is 10.3 Å². The average molecular weight is 349 g/mol. The summed E-state index contributed by atoms with van der Waals surface area (Å²) in [5.74, 6) is 7.06. The molecule has 0 bridgehead atoms. The molecule has 0 spiro atoms. The number of nitrogens with zero attached hydrogens (tertiary/aromatic N) is 3. The zero-order chi connectivity index (χ0) is 16.1. The van der Waals surface area contributed by atoms with Gasteiger partial charge in [-0.3, -0.25) is 4.79 Å². The second-order valence-corrected chi connectivity index (χ2v) is 6.60. The van der Waals surface area contributed by atoms with Crippen molar-refractivity contribution in [1.29, 1.82) is 0 Å². The zero-order valence-corrected chi connectivity index (χ0v) is 13.8. The molecule has 9 heteroatoms. The summed E-state index contributed by atoms with van der Waals surface area (Å²) < 4.78 is 6.56. The molecule has 3 rings (SSSR count). The number of nitrogen functional groups attached to an aromatic ring is 1. The second-order valence-electron chi connectivity index (χ2n) is 4.62. The number of carbonyl (C=O) groups excluding carboxylic acids is 1. The highest BCUT2D eigenvalue weighted by Crippen LogP contribution is 2.21. The van der Waals surface area contributed by atoms with E-state index in [0.29, 0.717) is 23.3 Å². The van der Waals surface area contributed by atoms with Crippen molar-refractivity contribution in [3.05, 3.63) is 40.8 Å². The third-order valence-electron chi connectivity index (χ3n) is 3.01. The van der Waals surface area contributed by atoms with Gasteiger partial charge in [0.2, 0.25) is 16.9 Å². The minimum absolute atomic E-state index is 0.0610. The minimum atomic E-state index is -0.0610. The molecule has 3 aromatic heterocycles. The van der Waals surface area contributed by atoms with E-state index >= 15 is 0 Å². The Morgan fingerprint density at radius 2 is 2.30 bits per heavy atom. The van der Waals surface area contributed by atoms with Gasteiger partial charge in [-0.1, -0.05) is 17.8 Å². The zero-order valence-electron chi connectivity index (χ0n) is 12.1. The van der Waals surface area contributed by atoms with Crippen molar-refractivity contribution in [3.63, 3.8) is 0 Å². The van der Waals surface area contributed by atoms with Crippen LogP contribution in [0.4, 0.5) is 0 Å². The van der Waals surface area contributed by atoms with Gasteiger partial charge in [-0.05, 0) is 30.0 Å². The van der Waals surface area contributed by atoms with E-state index in [0.717, 1.165) is 6.42 Å². The lowest BCUT2D eigenvalue weighted by molar-refractivity contribution is -0.118. The van der Waals surface area contributed by atoms with Crippen molar-refractivity contribution in [1.82, 2.24) is 20.2 Å². The third kappa shape index (κ3) is 3.93. The summed E-state index contributed by atoms with van der Waals surface area (Å²) in [5, 5.41) is 13.3. The van der Waals surface area contributed by atoms with Gasteiger partial charge >= 0.3 is 0 Å². The van der Waals surface area contributed by atoms with E-state index in [9.17, 15) is 4.79 Å². The molecule has 0 aromatic carbocycles. The number of thiophene rings is 1. The maximum atomic E-state index is 11.8. The van der Waals surface area contributed by atoms with Crippen molar-refractivity contribution in [2.75, 3.05) is 18.1 Å². The molecule has 0 fully saturated rings. The van der Waals surface area contributed by atoms with Crippen LogP contribution in [0.25, 0.3) is 11.6 Å². The molecule has 23 heavy (non-hydrogen) atoms. The third-order valence-corrected chi connectivity index (χ3v) is 4.89. The quantitative estimate of drug-likeness (QED) is 0.498.